The summed E-state index contributed by atoms with van der Waals surface area (Å²) in [6.45, 7) is 23.0. The summed E-state index contributed by atoms with van der Waals surface area (Å²) in [6, 6.07) is 0. The van der Waals surface area contributed by atoms with Crippen molar-refractivity contribution in [1.82, 2.24) is 5.32 Å². The summed E-state index contributed by atoms with van der Waals surface area (Å²) < 4.78 is 5.77. The number of esters is 1. The van der Waals surface area contributed by atoms with E-state index in [0.29, 0.717) is 64.5 Å². The van der Waals surface area contributed by atoms with Gasteiger partial charge in [0.1, 0.15) is 6.61 Å². The van der Waals surface area contributed by atoms with Gasteiger partial charge in [-0.2, -0.15) is 0 Å². The molecule has 0 radical (unpaired) electrons. The molecule has 0 spiro atoms. The number of hydrogen-bond acceptors (Lipinski definition) is 9. The van der Waals surface area contributed by atoms with Gasteiger partial charge in [0, 0.05) is 58.4 Å². The van der Waals surface area contributed by atoms with Crippen LogP contribution in [0.3, 0.4) is 0 Å². The molecule has 6 aliphatic rings. The predicted octanol–water partition coefficient (Wildman–Crippen LogP) is 11.4. The fourth-order valence-corrected chi connectivity index (χ4v) is 9.48. The molecule has 5 aliphatic heterocycles. The third-order valence-electron chi connectivity index (χ3n) is 12.7. The van der Waals surface area contributed by atoms with Crippen LogP contribution in [0.1, 0.15) is 134 Å². The molecule has 61 heavy (non-hydrogen) atoms. The van der Waals surface area contributed by atoms with E-state index < -0.39 is 6.10 Å². The van der Waals surface area contributed by atoms with E-state index in [1.807, 2.05) is 39.0 Å². The van der Waals surface area contributed by atoms with E-state index in [1.165, 1.54) is 16.7 Å². The molecular weight excluding hydrogens is 761 g/mol. The molecule has 3 N–H and O–H groups in total. The third kappa shape index (κ3) is 9.67. The largest absolute Gasteiger partial charge is 0.515 e. The first-order chi connectivity index (χ1) is 29.0. The number of aliphatic imine (C=N–C) groups is 3. The smallest absolute Gasteiger partial charge is 0.306 e. The van der Waals surface area contributed by atoms with E-state index in [2.05, 4.69) is 65.9 Å². The van der Waals surface area contributed by atoms with E-state index in [-0.39, 0.29) is 49.0 Å². The van der Waals surface area contributed by atoms with Crippen LogP contribution >= 0.6 is 0 Å². The zero-order valence-corrected chi connectivity index (χ0v) is 38.3. The summed E-state index contributed by atoms with van der Waals surface area (Å²) in [7, 11) is 0. The highest BCUT2D eigenvalue weighted by atomic mass is 16.5. The molecule has 1 saturated heterocycles. The van der Waals surface area contributed by atoms with E-state index in [0.717, 1.165) is 76.9 Å². The number of carbonyl (C=O) groups is 2. The maximum absolute atomic E-state index is 14.0. The molecule has 0 aromatic carbocycles. The number of nitrogens with zero attached hydrogens (tertiary/aromatic N) is 3. The van der Waals surface area contributed by atoms with Crippen molar-refractivity contribution in [3.05, 3.63) is 126 Å². The van der Waals surface area contributed by atoms with Gasteiger partial charge < -0.3 is 20.3 Å². The number of allylic oxidation sites excluding steroid dienone is 16. The highest BCUT2D eigenvalue weighted by Crippen LogP contribution is 2.47. The van der Waals surface area contributed by atoms with Crippen molar-refractivity contribution in [3.63, 3.8) is 0 Å². The molecule has 324 valence electrons. The number of aliphatic hydroxyl groups excluding tert-OH is 2. The zero-order valence-electron chi connectivity index (χ0n) is 38.3. The number of fused-ring (bicyclic) bond motifs is 5. The molecular formula is C52H66N4O5. The van der Waals surface area contributed by atoms with Crippen LogP contribution in [0.5, 0.6) is 0 Å². The van der Waals surface area contributed by atoms with Gasteiger partial charge in [0.2, 0.25) is 0 Å². The van der Waals surface area contributed by atoms with Crippen LogP contribution in [0.25, 0.3) is 0 Å². The summed E-state index contributed by atoms with van der Waals surface area (Å²) in [5.41, 5.74) is 16.2. The summed E-state index contributed by atoms with van der Waals surface area (Å²) in [6.07, 6.45) is 17.0. The van der Waals surface area contributed by atoms with Crippen molar-refractivity contribution >= 4 is 28.9 Å². The fraction of sp³-hybridized carbons (Fsp3) is 0.481. The average molecular weight is 827 g/mol. The summed E-state index contributed by atoms with van der Waals surface area (Å²) in [5, 5.41) is 25.6. The number of ether oxygens (including phenoxy) is 1. The molecule has 0 aromatic heterocycles. The Balaban J connectivity index is 1.35. The molecule has 0 unspecified atom stereocenters. The quantitative estimate of drug-likeness (QED) is 0.0855. The number of carbonyl (C=O) groups excluding carboxylic acids is 2. The number of aliphatic hydroxyl groups is 2. The van der Waals surface area contributed by atoms with Crippen LogP contribution in [0.15, 0.2) is 141 Å². The Kier molecular flexibility index (Phi) is 14.3. The van der Waals surface area contributed by atoms with Gasteiger partial charge in [0.05, 0.1) is 46.6 Å². The first-order valence-electron chi connectivity index (χ1n) is 22.3. The van der Waals surface area contributed by atoms with Crippen LogP contribution in [0.2, 0.25) is 0 Å². The number of rotatable bonds is 15. The molecule has 2 fully saturated rings. The van der Waals surface area contributed by atoms with Gasteiger partial charge in [0.15, 0.2) is 5.78 Å². The van der Waals surface area contributed by atoms with Crippen LogP contribution < -0.4 is 5.32 Å². The second-order valence-corrected chi connectivity index (χ2v) is 18.1. The van der Waals surface area contributed by atoms with Gasteiger partial charge in [-0.15, -0.1) is 0 Å². The highest BCUT2D eigenvalue weighted by Gasteiger charge is 2.44. The first-order valence-corrected chi connectivity index (χ1v) is 22.3. The van der Waals surface area contributed by atoms with Gasteiger partial charge in [-0.25, -0.2) is 15.0 Å². The van der Waals surface area contributed by atoms with Crippen molar-refractivity contribution in [2.45, 2.75) is 140 Å². The Hall–Kier alpha value is -5.15. The molecule has 6 rings (SSSR count). The lowest BCUT2D eigenvalue weighted by Gasteiger charge is -2.17. The predicted molar refractivity (Wildman–Crippen MR) is 248 cm³/mol. The minimum atomic E-state index is -0.806. The van der Waals surface area contributed by atoms with Gasteiger partial charge in [0.25, 0.3) is 0 Å². The Morgan fingerprint density at radius 3 is 2.25 bits per heavy atom. The SMILES string of the molecule is CCC1=C2C(=O)CC3=C4NC(=C(C)C5=NC(=CC6=NC(=C(CC(C)C)/C6=C/O)C=C1N=C32)C([C@H](C)O)=C5C)[C@@H](C)[C@@H]4CCC(=O)OC/C=C(\C)CC/C=C(/C)CCC=C(C)C. The molecule has 9 nitrogen and oxygen atoms in total. The molecule has 5 heterocycles. The van der Waals surface area contributed by atoms with E-state index in [1.54, 1.807) is 6.92 Å². The Morgan fingerprint density at radius 1 is 0.902 bits per heavy atom. The Bertz CT molecular complexity index is 2330. The molecule has 1 aliphatic carbocycles. The molecule has 1 saturated carbocycles. The summed E-state index contributed by atoms with van der Waals surface area (Å²) in [4.78, 5) is 42.8. The number of nitrogens with one attached hydrogen (secondary N) is 1. The second kappa shape index (κ2) is 19.3. The van der Waals surface area contributed by atoms with Crippen LogP contribution in [0.4, 0.5) is 0 Å². The number of Topliss-reactive ketones (excluding diaryl/α,β-unsaturated/α-hetero) is 1. The molecule has 0 amide bonds. The zero-order chi connectivity index (χ0) is 44.3. The lowest BCUT2D eigenvalue weighted by molar-refractivity contribution is -0.142. The van der Waals surface area contributed by atoms with E-state index in [4.69, 9.17) is 19.7 Å². The Labute approximate surface area is 363 Å². The maximum atomic E-state index is 14.0. The van der Waals surface area contributed by atoms with Crippen molar-refractivity contribution in [1.29, 1.82) is 0 Å². The molecule has 3 atom stereocenters. The summed E-state index contributed by atoms with van der Waals surface area (Å²) in [5.74, 6) is -0.108. The first kappa shape index (κ1) is 45.4. The maximum Gasteiger partial charge on any atom is 0.306 e. The van der Waals surface area contributed by atoms with Crippen LogP contribution in [0, 0.1) is 17.8 Å². The van der Waals surface area contributed by atoms with Crippen molar-refractivity contribution in [3.8, 4) is 0 Å². The van der Waals surface area contributed by atoms with Gasteiger partial charge in [-0.1, -0.05) is 56.6 Å². The fourth-order valence-electron chi connectivity index (χ4n) is 9.48. The topological polar surface area (TPSA) is 133 Å². The second-order valence-electron chi connectivity index (χ2n) is 18.1. The minimum Gasteiger partial charge on any atom is -0.515 e. The third-order valence-corrected chi connectivity index (χ3v) is 12.7. The van der Waals surface area contributed by atoms with Crippen molar-refractivity contribution in [2.24, 2.45) is 32.7 Å². The average Bonchev–Trinajstić information content (AvgIpc) is 3.97. The lowest BCUT2D eigenvalue weighted by Crippen LogP contribution is -2.16. The summed E-state index contributed by atoms with van der Waals surface area (Å²) >= 11 is 0. The number of hydrogen-bond donors (Lipinski definition) is 3. The molecule has 8 bridgehead atoms. The van der Waals surface area contributed by atoms with Crippen LogP contribution in [-0.2, 0) is 14.3 Å². The highest BCUT2D eigenvalue weighted by molar-refractivity contribution is 6.38. The van der Waals surface area contributed by atoms with Crippen molar-refractivity contribution < 1.29 is 24.5 Å². The molecule has 9 heteroatoms. The normalized spacial score (nSPS) is 22.7. The van der Waals surface area contributed by atoms with Crippen molar-refractivity contribution in [2.75, 3.05) is 6.61 Å². The molecule has 0 aromatic rings. The van der Waals surface area contributed by atoms with Gasteiger partial charge in [-0.05, 0) is 140 Å². The van der Waals surface area contributed by atoms with Crippen LogP contribution in [-0.4, -0.2) is 51.8 Å². The standard InChI is InChI=1S/C52H66N4O5/c1-12-36-41-25-42-38(23-29(4)5)40(27-57)43(53-42)26-44-47(35(11)58)33(9)50(55-44)34(10)49-32(8)37(51(56-49)39-24-45(59)48(36)52(39)54-41)19-20-46(60)61-22-21-31(7)18-14-17-30(6)16-13-15-28(2)3/h15,17,21,25-27,29,32,35,37,56-58H,12-14,16,18-20,22-24H2,1-11H3/b30-17-,31-21+,40-27-,41-25?,44-26?,49-34?,51-39?/t32-,35-,37-/m0/s1. The van der Waals surface area contributed by atoms with Gasteiger partial charge in [-0.3, -0.25) is 9.59 Å². The monoisotopic (exact) mass is 827 g/mol. The van der Waals surface area contributed by atoms with E-state index in [9.17, 15) is 19.8 Å². The minimum absolute atomic E-state index is 0.0388. The lowest BCUT2D eigenvalue weighted by atomic mass is 9.85. The van der Waals surface area contributed by atoms with Gasteiger partial charge >= 0.3 is 5.97 Å². The number of ketones is 1. The van der Waals surface area contributed by atoms with E-state index >= 15 is 0 Å². The Morgan fingerprint density at radius 2 is 1.59 bits per heavy atom.